The van der Waals surface area contributed by atoms with Crippen LogP contribution < -0.4 is 5.73 Å². The maximum Gasteiger partial charge on any atom is 0.472 e. The predicted molar refractivity (Wildman–Crippen MR) is 219 cm³/mol. The predicted octanol–water partition coefficient (Wildman–Crippen LogP) is 11.7. The van der Waals surface area contributed by atoms with Gasteiger partial charge in [0, 0.05) is 19.4 Å². The Kier molecular flexibility index (Phi) is 37.7. The standard InChI is InChI=1S/C43H76NO8P/c1-3-5-7-9-11-13-15-17-19-20-22-24-26-28-30-32-34-36-43(46)52-41(40-51-53(47,48)50-38-37-44)39-49-42(45)35-33-31-29-27-25-23-21-18-16-14-12-10-8-6-4-2/h11,13,17,19,22,24-25,27-28,30,41H,3-10,12,14-16,18,20-21,23,26,29,31-40,44H2,1-2H3,(H,47,48)/b13-11+,19-17+,24-22+,27-25+,30-28+/t41-/m1/s1. The van der Waals surface area contributed by atoms with Crippen molar-refractivity contribution in [3.8, 4) is 0 Å². The fraction of sp³-hybridized carbons (Fsp3) is 0.721. The summed E-state index contributed by atoms with van der Waals surface area (Å²) >= 11 is 0. The van der Waals surface area contributed by atoms with Crippen LogP contribution in [0.25, 0.3) is 0 Å². The third-order valence-corrected chi connectivity index (χ3v) is 9.36. The molecule has 3 N–H and O–H groups in total. The van der Waals surface area contributed by atoms with Gasteiger partial charge in [-0.3, -0.25) is 18.6 Å². The number of carbonyl (C=O) groups is 2. The second-order valence-electron chi connectivity index (χ2n) is 13.5. The molecule has 0 bridgehead atoms. The molecule has 0 aliphatic rings. The number of rotatable bonds is 38. The number of nitrogens with two attached hydrogens (primary N) is 1. The normalized spacial score (nSPS) is 14.0. The Morgan fingerprint density at radius 2 is 1.00 bits per heavy atom. The van der Waals surface area contributed by atoms with E-state index in [1.807, 2.05) is 6.08 Å². The number of allylic oxidation sites excluding steroid dienone is 10. The van der Waals surface area contributed by atoms with Gasteiger partial charge in [-0.2, -0.15) is 0 Å². The van der Waals surface area contributed by atoms with Gasteiger partial charge in [0.1, 0.15) is 6.61 Å². The van der Waals surface area contributed by atoms with Crippen LogP contribution in [-0.4, -0.2) is 49.3 Å². The van der Waals surface area contributed by atoms with E-state index in [-0.39, 0.29) is 32.6 Å². The molecule has 306 valence electrons. The third-order valence-electron chi connectivity index (χ3n) is 8.38. The van der Waals surface area contributed by atoms with Gasteiger partial charge >= 0.3 is 19.8 Å². The molecular formula is C43H76NO8P. The first-order chi connectivity index (χ1) is 25.8. The van der Waals surface area contributed by atoms with E-state index in [9.17, 15) is 19.0 Å². The van der Waals surface area contributed by atoms with Gasteiger partial charge in [-0.15, -0.1) is 0 Å². The minimum atomic E-state index is -4.40. The van der Waals surface area contributed by atoms with E-state index >= 15 is 0 Å². The topological polar surface area (TPSA) is 134 Å². The van der Waals surface area contributed by atoms with Crippen LogP contribution in [0.3, 0.4) is 0 Å². The zero-order chi connectivity index (χ0) is 38.9. The zero-order valence-electron chi connectivity index (χ0n) is 33.5. The van der Waals surface area contributed by atoms with Gasteiger partial charge in [-0.25, -0.2) is 4.57 Å². The van der Waals surface area contributed by atoms with Crippen LogP contribution in [0.1, 0.15) is 168 Å². The molecule has 0 aromatic heterocycles. The lowest BCUT2D eigenvalue weighted by Crippen LogP contribution is -2.29. The summed E-state index contributed by atoms with van der Waals surface area (Å²) < 4.78 is 32.6. The summed E-state index contributed by atoms with van der Waals surface area (Å²) in [6.45, 7) is 3.60. The molecular weight excluding hydrogens is 689 g/mol. The van der Waals surface area contributed by atoms with Crippen molar-refractivity contribution in [3.63, 3.8) is 0 Å². The van der Waals surface area contributed by atoms with E-state index in [1.165, 1.54) is 83.5 Å². The van der Waals surface area contributed by atoms with Crippen molar-refractivity contribution in [3.05, 3.63) is 60.8 Å². The van der Waals surface area contributed by atoms with E-state index in [1.54, 1.807) is 0 Å². The average molecular weight is 766 g/mol. The number of ether oxygens (including phenoxy) is 2. The first-order valence-electron chi connectivity index (χ1n) is 20.8. The zero-order valence-corrected chi connectivity index (χ0v) is 34.4. The molecule has 0 aromatic rings. The molecule has 0 fully saturated rings. The van der Waals surface area contributed by atoms with Crippen molar-refractivity contribution in [2.24, 2.45) is 5.73 Å². The molecule has 0 spiro atoms. The molecule has 1 unspecified atom stereocenters. The number of phosphoric acid groups is 1. The Bertz CT molecular complexity index is 1050. The highest BCUT2D eigenvalue weighted by atomic mass is 31.2. The number of hydrogen-bond acceptors (Lipinski definition) is 8. The van der Waals surface area contributed by atoms with Crippen LogP contribution in [0, 0.1) is 0 Å². The van der Waals surface area contributed by atoms with Crippen LogP contribution in [0.4, 0.5) is 0 Å². The quantitative estimate of drug-likeness (QED) is 0.0272. The van der Waals surface area contributed by atoms with Crippen LogP contribution in [0.2, 0.25) is 0 Å². The molecule has 0 saturated heterocycles. The first kappa shape index (κ1) is 50.7. The summed E-state index contributed by atoms with van der Waals surface area (Å²) in [5, 5.41) is 0. The molecule has 0 amide bonds. The number of carbonyl (C=O) groups excluding carboxylic acids is 2. The van der Waals surface area contributed by atoms with Crippen LogP contribution in [0.5, 0.6) is 0 Å². The Morgan fingerprint density at radius 1 is 0.566 bits per heavy atom. The van der Waals surface area contributed by atoms with Crippen molar-refractivity contribution in [2.45, 2.75) is 174 Å². The van der Waals surface area contributed by atoms with Crippen LogP contribution >= 0.6 is 7.82 Å². The van der Waals surface area contributed by atoms with Gasteiger partial charge in [0.15, 0.2) is 6.10 Å². The smallest absolute Gasteiger partial charge is 0.462 e. The summed E-state index contributed by atoms with van der Waals surface area (Å²) in [5.41, 5.74) is 5.33. The third kappa shape index (κ3) is 39.2. The molecule has 0 radical (unpaired) electrons. The van der Waals surface area contributed by atoms with Crippen molar-refractivity contribution in [1.29, 1.82) is 0 Å². The van der Waals surface area contributed by atoms with Crippen molar-refractivity contribution >= 4 is 19.8 Å². The maximum absolute atomic E-state index is 12.5. The molecule has 0 aliphatic heterocycles. The summed E-state index contributed by atoms with van der Waals surface area (Å²) in [7, 11) is -4.40. The van der Waals surface area contributed by atoms with Crippen LogP contribution in [0.15, 0.2) is 60.8 Å². The number of phosphoric ester groups is 1. The molecule has 10 heteroatoms. The van der Waals surface area contributed by atoms with E-state index < -0.39 is 32.5 Å². The molecule has 0 aromatic carbocycles. The van der Waals surface area contributed by atoms with E-state index in [4.69, 9.17) is 24.3 Å². The highest BCUT2D eigenvalue weighted by molar-refractivity contribution is 7.47. The SMILES string of the molecule is CCCCC/C=C/C/C=C/C/C=C/C/C=C/CCCC(=O)O[C@H](COC(=O)CCCC/C=C/CCCCCCCCCCC)COP(=O)(O)OCCN. The largest absolute Gasteiger partial charge is 0.472 e. The molecule has 2 atom stereocenters. The number of unbranched alkanes of at least 4 members (excludes halogenated alkanes) is 15. The van der Waals surface area contributed by atoms with E-state index in [0.717, 1.165) is 38.5 Å². The Morgan fingerprint density at radius 3 is 1.57 bits per heavy atom. The highest BCUT2D eigenvalue weighted by Gasteiger charge is 2.25. The lowest BCUT2D eigenvalue weighted by molar-refractivity contribution is -0.161. The van der Waals surface area contributed by atoms with Gasteiger partial charge < -0.3 is 20.1 Å². The summed E-state index contributed by atoms with van der Waals surface area (Å²) in [6, 6.07) is 0. The van der Waals surface area contributed by atoms with Gasteiger partial charge in [0.05, 0.1) is 13.2 Å². The molecule has 0 rings (SSSR count). The van der Waals surface area contributed by atoms with Crippen molar-refractivity contribution < 1.29 is 37.6 Å². The fourth-order valence-electron chi connectivity index (χ4n) is 5.27. The maximum atomic E-state index is 12.5. The van der Waals surface area contributed by atoms with E-state index in [2.05, 4.69) is 68.5 Å². The molecule has 0 heterocycles. The number of hydrogen-bond donors (Lipinski definition) is 2. The average Bonchev–Trinajstić information content (AvgIpc) is 3.14. The van der Waals surface area contributed by atoms with Crippen molar-refractivity contribution in [1.82, 2.24) is 0 Å². The lowest BCUT2D eigenvalue weighted by Gasteiger charge is -2.19. The minimum absolute atomic E-state index is 0.0402. The molecule has 0 aliphatic carbocycles. The van der Waals surface area contributed by atoms with Gasteiger partial charge in [0.25, 0.3) is 0 Å². The summed E-state index contributed by atoms with van der Waals surface area (Å²) in [4.78, 5) is 34.8. The highest BCUT2D eigenvalue weighted by Crippen LogP contribution is 2.43. The summed E-state index contributed by atoms with van der Waals surface area (Å²) in [5.74, 6) is -0.924. The van der Waals surface area contributed by atoms with E-state index in [0.29, 0.717) is 19.3 Å². The van der Waals surface area contributed by atoms with Gasteiger partial charge in [-0.1, -0.05) is 139 Å². The fourth-order valence-corrected chi connectivity index (χ4v) is 6.03. The second-order valence-corrected chi connectivity index (χ2v) is 14.9. The molecule has 53 heavy (non-hydrogen) atoms. The first-order valence-corrected chi connectivity index (χ1v) is 22.3. The Hall–Kier alpha value is -2.29. The van der Waals surface area contributed by atoms with Crippen LogP contribution in [-0.2, 0) is 32.7 Å². The van der Waals surface area contributed by atoms with Gasteiger partial charge in [-0.05, 0) is 77.0 Å². The lowest BCUT2D eigenvalue weighted by atomic mass is 10.1. The second kappa shape index (κ2) is 39.4. The molecule has 9 nitrogen and oxygen atoms in total. The monoisotopic (exact) mass is 766 g/mol. The minimum Gasteiger partial charge on any atom is -0.462 e. The molecule has 0 saturated carbocycles. The summed E-state index contributed by atoms with van der Waals surface area (Å²) in [6.07, 6.45) is 45.5. The Balaban J connectivity index is 4.32. The number of esters is 2. The van der Waals surface area contributed by atoms with Gasteiger partial charge in [0.2, 0.25) is 0 Å². The Labute approximate surface area is 323 Å². The van der Waals surface area contributed by atoms with Crippen molar-refractivity contribution in [2.75, 3.05) is 26.4 Å².